The van der Waals surface area contributed by atoms with Crippen LogP contribution < -0.4 is 10.1 Å². The van der Waals surface area contributed by atoms with E-state index in [4.69, 9.17) is 16.3 Å². The molecular formula is C24H19ClF9N3O4. The zero-order valence-corrected chi connectivity index (χ0v) is 21.6. The number of carbonyl (C=O) groups is 2. The van der Waals surface area contributed by atoms with Gasteiger partial charge in [0.15, 0.2) is 0 Å². The molecule has 3 rings (SSSR count). The SMILES string of the molecule is CCOC(=O)C1(C)CN(CC(=O)Nc2ccc(C(F)(F)F)c(OC(F)(F)F)c2)N=C1c1ccc(C(F)(F)F)c(Cl)c1. The molecule has 1 aliphatic rings. The molecule has 0 spiro atoms. The van der Waals surface area contributed by atoms with Gasteiger partial charge < -0.3 is 14.8 Å². The molecule has 0 aliphatic carbocycles. The molecule has 7 nitrogen and oxygen atoms in total. The van der Waals surface area contributed by atoms with Gasteiger partial charge in [0.1, 0.15) is 17.7 Å². The molecule has 0 saturated heterocycles. The maximum Gasteiger partial charge on any atom is 0.573 e. The Morgan fingerprint density at radius 2 is 1.61 bits per heavy atom. The van der Waals surface area contributed by atoms with Crippen molar-refractivity contribution in [3.63, 3.8) is 0 Å². The number of anilines is 1. The number of hydrogen-bond donors (Lipinski definition) is 1. The highest BCUT2D eigenvalue weighted by atomic mass is 35.5. The van der Waals surface area contributed by atoms with Crippen LogP contribution in [0.1, 0.15) is 30.5 Å². The maximum absolute atomic E-state index is 13.1. The molecule has 1 atom stereocenters. The molecular weight excluding hydrogens is 601 g/mol. The Bertz CT molecular complexity index is 1360. The third kappa shape index (κ3) is 7.54. The Morgan fingerprint density at radius 3 is 2.15 bits per heavy atom. The average molecular weight is 620 g/mol. The lowest BCUT2D eigenvalue weighted by Gasteiger charge is -2.24. The highest BCUT2D eigenvalue weighted by molar-refractivity contribution is 6.32. The van der Waals surface area contributed by atoms with Crippen LogP contribution >= 0.6 is 11.6 Å². The lowest BCUT2D eigenvalue weighted by Crippen LogP contribution is -2.41. The van der Waals surface area contributed by atoms with E-state index in [1.54, 1.807) is 0 Å². The van der Waals surface area contributed by atoms with Crippen molar-refractivity contribution in [1.29, 1.82) is 0 Å². The standard InChI is InChI=1S/C24H19ClF9N3O4/c1-3-40-20(39)21(2)11-37(36-19(21)12-4-6-14(16(25)8-12)22(26,27)28)10-18(38)35-13-5-7-15(23(29,30)31)17(9-13)41-24(32,33)34/h4-9H,3,10-11H2,1-2H3,(H,35,38). The number of carbonyl (C=O) groups excluding carboxylic acids is 2. The van der Waals surface area contributed by atoms with Crippen LogP contribution in [0, 0.1) is 5.41 Å². The number of ether oxygens (including phenoxy) is 2. The van der Waals surface area contributed by atoms with E-state index in [1.165, 1.54) is 13.8 Å². The predicted octanol–water partition coefficient (Wildman–Crippen LogP) is 6.50. The van der Waals surface area contributed by atoms with Crippen molar-refractivity contribution in [3.8, 4) is 5.75 Å². The molecule has 1 N–H and O–H groups in total. The average Bonchev–Trinajstić information content (AvgIpc) is 3.13. The van der Waals surface area contributed by atoms with Crippen LogP contribution in [0.2, 0.25) is 5.02 Å². The molecule has 1 amide bonds. The molecule has 224 valence electrons. The van der Waals surface area contributed by atoms with Gasteiger partial charge in [-0.25, -0.2) is 0 Å². The van der Waals surface area contributed by atoms with E-state index in [0.29, 0.717) is 18.2 Å². The van der Waals surface area contributed by atoms with E-state index in [0.717, 1.165) is 17.1 Å². The smallest absolute Gasteiger partial charge is 0.465 e. The quantitative estimate of drug-likeness (QED) is 0.283. The second-order valence-corrected chi connectivity index (χ2v) is 9.23. The van der Waals surface area contributed by atoms with Gasteiger partial charge in [-0.3, -0.25) is 14.6 Å². The minimum absolute atomic E-state index is 0.0122. The van der Waals surface area contributed by atoms with Gasteiger partial charge in [0.05, 0.1) is 35.0 Å². The lowest BCUT2D eigenvalue weighted by atomic mass is 9.82. The molecule has 41 heavy (non-hydrogen) atoms. The second-order valence-electron chi connectivity index (χ2n) is 8.82. The minimum Gasteiger partial charge on any atom is -0.465 e. The van der Waals surface area contributed by atoms with Crippen LogP contribution in [-0.4, -0.2) is 48.7 Å². The fourth-order valence-electron chi connectivity index (χ4n) is 3.95. The van der Waals surface area contributed by atoms with Crippen LogP contribution in [0.3, 0.4) is 0 Å². The third-order valence-corrected chi connectivity index (χ3v) is 5.97. The minimum atomic E-state index is -5.46. The monoisotopic (exact) mass is 619 g/mol. The number of benzene rings is 2. The number of nitrogens with zero attached hydrogens (tertiary/aromatic N) is 2. The molecule has 2 aromatic carbocycles. The van der Waals surface area contributed by atoms with Crippen molar-refractivity contribution in [2.75, 3.05) is 25.0 Å². The summed E-state index contributed by atoms with van der Waals surface area (Å²) in [6.07, 6.45) is -15.4. The summed E-state index contributed by atoms with van der Waals surface area (Å²) in [6.45, 7) is 1.83. The van der Waals surface area contributed by atoms with E-state index in [9.17, 15) is 49.1 Å². The van der Waals surface area contributed by atoms with Gasteiger partial charge in [-0.15, -0.1) is 13.2 Å². The molecule has 17 heteroatoms. The van der Waals surface area contributed by atoms with Crippen molar-refractivity contribution >= 4 is 34.9 Å². The maximum atomic E-state index is 13.1. The summed E-state index contributed by atoms with van der Waals surface area (Å²) in [6, 6.07) is 3.98. The Balaban J connectivity index is 1.89. The largest absolute Gasteiger partial charge is 0.573 e. The summed E-state index contributed by atoms with van der Waals surface area (Å²) in [7, 11) is 0. The van der Waals surface area contributed by atoms with Gasteiger partial charge >= 0.3 is 24.7 Å². The first-order chi connectivity index (χ1) is 18.7. The molecule has 0 aromatic heterocycles. The Hall–Kier alpha value is -3.69. The first kappa shape index (κ1) is 31.8. The molecule has 1 unspecified atom stereocenters. The molecule has 0 radical (unpaired) electrons. The van der Waals surface area contributed by atoms with Crippen molar-refractivity contribution in [2.45, 2.75) is 32.6 Å². The molecule has 2 aromatic rings. The third-order valence-electron chi connectivity index (χ3n) is 5.66. The van der Waals surface area contributed by atoms with Crippen LogP contribution in [0.5, 0.6) is 5.75 Å². The molecule has 0 bridgehead atoms. The summed E-state index contributed by atoms with van der Waals surface area (Å²) in [5, 5.41) is 6.64. The van der Waals surface area contributed by atoms with Crippen LogP contribution in [0.15, 0.2) is 41.5 Å². The highest BCUT2D eigenvalue weighted by Gasteiger charge is 2.48. The van der Waals surface area contributed by atoms with Gasteiger partial charge in [0.25, 0.3) is 0 Å². The van der Waals surface area contributed by atoms with Crippen LogP contribution in [0.25, 0.3) is 0 Å². The van der Waals surface area contributed by atoms with Gasteiger partial charge in [0, 0.05) is 17.3 Å². The first-order valence-corrected chi connectivity index (χ1v) is 11.8. The number of hydrogen-bond acceptors (Lipinski definition) is 6. The fraction of sp³-hybridized carbons (Fsp3) is 0.375. The van der Waals surface area contributed by atoms with Gasteiger partial charge in [-0.2, -0.15) is 31.4 Å². The number of amides is 1. The summed E-state index contributed by atoms with van der Waals surface area (Å²) < 4.78 is 125. The van der Waals surface area contributed by atoms with Crippen molar-refractivity contribution in [1.82, 2.24) is 5.01 Å². The predicted molar refractivity (Wildman–Crippen MR) is 126 cm³/mol. The summed E-state index contributed by atoms with van der Waals surface area (Å²) in [5.41, 5.74) is -5.02. The normalized spacial score (nSPS) is 17.8. The van der Waals surface area contributed by atoms with Crippen molar-refractivity contribution < 1.29 is 58.6 Å². The fourth-order valence-corrected chi connectivity index (χ4v) is 4.24. The van der Waals surface area contributed by atoms with Gasteiger partial charge in [-0.05, 0) is 38.1 Å². The van der Waals surface area contributed by atoms with Crippen LogP contribution in [-0.2, 0) is 26.7 Å². The van der Waals surface area contributed by atoms with E-state index in [2.05, 4.69) is 15.2 Å². The van der Waals surface area contributed by atoms with Gasteiger partial charge in [0.2, 0.25) is 5.91 Å². The number of rotatable bonds is 7. The van der Waals surface area contributed by atoms with Gasteiger partial charge in [-0.1, -0.05) is 17.7 Å². The highest BCUT2D eigenvalue weighted by Crippen LogP contribution is 2.40. The first-order valence-electron chi connectivity index (χ1n) is 11.4. The van der Waals surface area contributed by atoms with E-state index < -0.39 is 70.1 Å². The molecule has 1 heterocycles. The number of hydrazone groups is 1. The van der Waals surface area contributed by atoms with Crippen LogP contribution in [0.4, 0.5) is 45.2 Å². The molecule has 0 saturated carbocycles. The van der Waals surface area contributed by atoms with E-state index >= 15 is 0 Å². The summed E-state index contributed by atoms with van der Waals surface area (Å²) >= 11 is 5.81. The summed E-state index contributed by atoms with van der Waals surface area (Å²) in [5.74, 6) is -3.39. The van der Waals surface area contributed by atoms with Crippen molar-refractivity contribution in [2.24, 2.45) is 10.5 Å². The number of alkyl halides is 9. The lowest BCUT2D eigenvalue weighted by molar-refractivity contribution is -0.276. The zero-order valence-electron chi connectivity index (χ0n) is 20.9. The van der Waals surface area contributed by atoms with E-state index in [1.807, 2.05) is 0 Å². The summed E-state index contributed by atoms with van der Waals surface area (Å²) in [4.78, 5) is 25.4. The zero-order chi connectivity index (χ0) is 31.0. The molecule has 1 aliphatic heterocycles. The topological polar surface area (TPSA) is 80.2 Å². The second kappa shape index (κ2) is 11.3. The van der Waals surface area contributed by atoms with E-state index in [-0.39, 0.29) is 30.5 Å². The Morgan fingerprint density at radius 1 is 1.00 bits per heavy atom. The number of esters is 1. The Kier molecular flexibility index (Phi) is 8.77. The van der Waals surface area contributed by atoms with Crippen molar-refractivity contribution in [3.05, 3.63) is 58.1 Å². The number of nitrogens with one attached hydrogen (secondary N) is 1. The number of halogens is 10. The Labute approximate surface area is 230 Å². The molecule has 0 fully saturated rings.